The van der Waals surface area contributed by atoms with E-state index in [0.717, 1.165) is 24.2 Å². The molecular formula is C28H29FN4O2. The van der Waals surface area contributed by atoms with E-state index in [9.17, 15) is 14.3 Å². The molecule has 3 aromatic carbocycles. The number of aromatic nitrogens is 1. The van der Waals surface area contributed by atoms with Gasteiger partial charge in [0.15, 0.2) is 5.88 Å². The monoisotopic (exact) mass is 472 g/mol. The summed E-state index contributed by atoms with van der Waals surface area (Å²) in [7, 11) is 5.76. The maximum atomic E-state index is 13.8. The van der Waals surface area contributed by atoms with Crippen LogP contribution < -0.4 is 4.90 Å². The van der Waals surface area contributed by atoms with Crippen molar-refractivity contribution < 1.29 is 14.3 Å². The van der Waals surface area contributed by atoms with Crippen molar-refractivity contribution >= 4 is 33.9 Å². The Morgan fingerprint density at radius 1 is 1.00 bits per heavy atom. The van der Waals surface area contributed by atoms with E-state index in [-0.39, 0.29) is 17.6 Å². The maximum Gasteiger partial charge on any atom is 0.226 e. The number of H-pyrrole nitrogens is 1. The molecule has 0 aliphatic heterocycles. The summed E-state index contributed by atoms with van der Waals surface area (Å²) in [4.78, 5) is 24.0. The van der Waals surface area contributed by atoms with E-state index < -0.39 is 0 Å². The summed E-state index contributed by atoms with van der Waals surface area (Å²) < 4.78 is 13.8. The van der Waals surface area contributed by atoms with E-state index in [1.165, 1.54) is 12.1 Å². The lowest BCUT2D eigenvalue weighted by Crippen LogP contribution is -2.27. The number of amides is 1. The minimum absolute atomic E-state index is 0.0593. The van der Waals surface area contributed by atoms with Gasteiger partial charge in [0.05, 0.1) is 22.5 Å². The Balaban J connectivity index is 1.67. The van der Waals surface area contributed by atoms with E-state index in [1.54, 1.807) is 18.0 Å². The molecule has 0 unspecified atom stereocenters. The highest BCUT2D eigenvalue weighted by Gasteiger charge is 2.19. The molecule has 1 amide bonds. The normalized spacial score (nSPS) is 11.9. The second kappa shape index (κ2) is 10.5. The zero-order chi connectivity index (χ0) is 24.9. The van der Waals surface area contributed by atoms with Crippen molar-refractivity contribution in [2.24, 2.45) is 4.99 Å². The summed E-state index contributed by atoms with van der Waals surface area (Å²) in [6.07, 6.45) is 1.28. The molecule has 0 fully saturated rings. The number of aliphatic imine (C=N–C) groups is 1. The van der Waals surface area contributed by atoms with Gasteiger partial charge in [-0.1, -0.05) is 30.3 Å². The summed E-state index contributed by atoms with van der Waals surface area (Å²) in [5.74, 6) is -0.406. The predicted molar refractivity (Wildman–Crippen MR) is 139 cm³/mol. The Labute approximate surface area is 204 Å². The highest BCUT2D eigenvalue weighted by atomic mass is 19.1. The molecule has 0 aliphatic carbocycles. The van der Waals surface area contributed by atoms with Crippen molar-refractivity contribution in [3.05, 3.63) is 89.7 Å². The van der Waals surface area contributed by atoms with Crippen LogP contribution in [0.5, 0.6) is 5.88 Å². The number of nitrogens with zero attached hydrogens (tertiary/aromatic N) is 3. The lowest BCUT2D eigenvalue weighted by atomic mass is 10.0. The second-order valence-corrected chi connectivity index (χ2v) is 8.74. The third kappa shape index (κ3) is 5.58. The van der Waals surface area contributed by atoms with Crippen molar-refractivity contribution in [1.82, 2.24) is 9.88 Å². The molecule has 7 heteroatoms. The first kappa shape index (κ1) is 24.2. The third-order valence-corrected chi connectivity index (χ3v) is 5.87. The zero-order valence-electron chi connectivity index (χ0n) is 20.1. The molecular weight excluding hydrogens is 443 g/mol. The first-order valence-electron chi connectivity index (χ1n) is 11.5. The lowest BCUT2D eigenvalue weighted by Gasteiger charge is -2.18. The van der Waals surface area contributed by atoms with Crippen LogP contribution in [0, 0.1) is 5.82 Å². The van der Waals surface area contributed by atoms with Crippen LogP contribution in [0.25, 0.3) is 10.9 Å². The van der Waals surface area contributed by atoms with E-state index in [2.05, 4.69) is 9.88 Å². The van der Waals surface area contributed by atoms with Crippen LogP contribution >= 0.6 is 0 Å². The van der Waals surface area contributed by atoms with E-state index in [0.29, 0.717) is 34.3 Å². The fourth-order valence-corrected chi connectivity index (χ4v) is 3.99. The van der Waals surface area contributed by atoms with Gasteiger partial charge in [-0.15, -0.1) is 0 Å². The number of halogens is 1. The van der Waals surface area contributed by atoms with E-state index in [1.807, 2.05) is 68.7 Å². The van der Waals surface area contributed by atoms with Crippen molar-refractivity contribution in [1.29, 1.82) is 0 Å². The summed E-state index contributed by atoms with van der Waals surface area (Å²) in [5, 5.41) is 11.4. The number of carbonyl (C=O) groups is 1. The number of rotatable bonds is 8. The average molecular weight is 473 g/mol. The Morgan fingerprint density at radius 2 is 1.71 bits per heavy atom. The van der Waals surface area contributed by atoms with Gasteiger partial charge >= 0.3 is 0 Å². The van der Waals surface area contributed by atoms with Crippen molar-refractivity contribution in [3.63, 3.8) is 0 Å². The molecule has 1 heterocycles. The standard InChI is InChI=1S/C28H29FN4O2/c1-32(2)17-7-10-25(34)33(3)22-14-12-21(13-15-22)30-27(19-8-5-4-6-9-19)26-23-16-11-20(29)18-24(23)31-28(26)35/h4-6,8-9,11-16,18,31,35H,7,10,17H2,1-3H3. The van der Waals surface area contributed by atoms with Gasteiger partial charge in [-0.3, -0.25) is 4.79 Å². The van der Waals surface area contributed by atoms with E-state index in [4.69, 9.17) is 4.99 Å². The highest BCUT2D eigenvalue weighted by Crippen LogP contribution is 2.32. The molecule has 0 spiro atoms. The molecule has 0 bridgehead atoms. The third-order valence-electron chi connectivity index (χ3n) is 5.87. The number of benzene rings is 3. The topological polar surface area (TPSA) is 71.9 Å². The number of carbonyl (C=O) groups excluding carboxylic acids is 1. The number of aromatic hydroxyl groups is 1. The molecule has 4 rings (SSSR count). The maximum absolute atomic E-state index is 13.8. The quantitative estimate of drug-likeness (QED) is 0.333. The second-order valence-electron chi connectivity index (χ2n) is 8.74. The van der Waals surface area contributed by atoms with Crippen LogP contribution in [0.3, 0.4) is 0 Å². The molecule has 0 atom stereocenters. The molecule has 35 heavy (non-hydrogen) atoms. The molecule has 0 saturated carbocycles. The Kier molecular flexibility index (Phi) is 7.27. The van der Waals surface area contributed by atoms with Gasteiger partial charge < -0.3 is 19.9 Å². The van der Waals surface area contributed by atoms with Gasteiger partial charge in [-0.25, -0.2) is 9.38 Å². The fraction of sp³-hybridized carbons (Fsp3) is 0.214. The minimum atomic E-state index is -0.389. The Hall–Kier alpha value is -3.97. The fourth-order valence-electron chi connectivity index (χ4n) is 3.99. The Morgan fingerprint density at radius 3 is 2.40 bits per heavy atom. The van der Waals surface area contributed by atoms with Crippen LogP contribution in [0.1, 0.15) is 24.0 Å². The number of hydrogen-bond acceptors (Lipinski definition) is 4. The molecule has 2 N–H and O–H groups in total. The van der Waals surface area contributed by atoms with Crippen LogP contribution in [0.2, 0.25) is 0 Å². The smallest absolute Gasteiger partial charge is 0.226 e. The Bertz CT molecular complexity index is 1340. The van der Waals surface area contributed by atoms with Gasteiger partial charge in [0.25, 0.3) is 0 Å². The van der Waals surface area contributed by atoms with Crippen molar-refractivity contribution in [2.75, 3.05) is 32.6 Å². The summed E-state index contributed by atoms with van der Waals surface area (Å²) >= 11 is 0. The molecule has 6 nitrogen and oxygen atoms in total. The predicted octanol–water partition coefficient (Wildman–Crippen LogP) is 5.49. The first-order valence-corrected chi connectivity index (χ1v) is 11.5. The molecule has 4 aromatic rings. The molecule has 0 aliphatic rings. The zero-order valence-corrected chi connectivity index (χ0v) is 20.1. The molecule has 180 valence electrons. The lowest BCUT2D eigenvalue weighted by molar-refractivity contribution is -0.118. The number of fused-ring (bicyclic) bond motifs is 1. The van der Waals surface area contributed by atoms with Crippen LogP contribution in [0.4, 0.5) is 15.8 Å². The number of aromatic amines is 1. The van der Waals surface area contributed by atoms with Crippen molar-refractivity contribution in [2.45, 2.75) is 12.8 Å². The number of anilines is 1. The SMILES string of the molecule is CN(C)CCCC(=O)N(C)c1ccc(N=C(c2ccccc2)c2c(O)[nH]c3cc(F)ccc23)cc1. The average Bonchev–Trinajstić information content (AvgIpc) is 3.17. The molecule has 1 aromatic heterocycles. The van der Waals surface area contributed by atoms with E-state index >= 15 is 0 Å². The van der Waals surface area contributed by atoms with Gasteiger partial charge in [0.2, 0.25) is 5.91 Å². The minimum Gasteiger partial charge on any atom is -0.494 e. The van der Waals surface area contributed by atoms with Gasteiger partial charge in [0, 0.05) is 30.1 Å². The van der Waals surface area contributed by atoms with Gasteiger partial charge in [0.1, 0.15) is 5.82 Å². The van der Waals surface area contributed by atoms with Gasteiger partial charge in [-0.2, -0.15) is 0 Å². The number of nitrogens with one attached hydrogen (secondary N) is 1. The summed E-state index contributed by atoms with van der Waals surface area (Å²) in [6, 6.07) is 21.3. The van der Waals surface area contributed by atoms with Crippen molar-refractivity contribution in [3.8, 4) is 5.88 Å². The van der Waals surface area contributed by atoms with Crippen LogP contribution in [0.15, 0.2) is 77.8 Å². The van der Waals surface area contributed by atoms with Crippen LogP contribution in [-0.2, 0) is 4.79 Å². The van der Waals surface area contributed by atoms with Gasteiger partial charge in [-0.05, 0) is 69.5 Å². The number of hydrogen-bond donors (Lipinski definition) is 2. The summed E-state index contributed by atoms with van der Waals surface area (Å²) in [6.45, 7) is 0.864. The first-order chi connectivity index (χ1) is 16.8. The summed E-state index contributed by atoms with van der Waals surface area (Å²) in [5.41, 5.74) is 3.81. The highest BCUT2D eigenvalue weighted by molar-refractivity contribution is 6.21. The molecule has 0 saturated heterocycles. The molecule has 0 radical (unpaired) electrons. The largest absolute Gasteiger partial charge is 0.494 e. The van der Waals surface area contributed by atoms with Crippen LogP contribution in [-0.4, -0.2) is 54.3 Å².